The number of aliphatic hydroxyl groups is 1. The summed E-state index contributed by atoms with van der Waals surface area (Å²) < 4.78 is 10.8. The quantitative estimate of drug-likeness (QED) is 0.560. The lowest BCUT2D eigenvalue weighted by Crippen LogP contribution is -2.39. The van der Waals surface area contributed by atoms with Crippen LogP contribution in [0.3, 0.4) is 0 Å². The molecular formula is C16H34N2O3. The van der Waals surface area contributed by atoms with Crippen molar-refractivity contribution in [1.82, 2.24) is 10.2 Å². The van der Waals surface area contributed by atoms with Gasteiger partial charge in [0, 0.05) is 6.54 Å². The molecular weight excluding hydrogens is 268 g/mol. The Kier molecular flexibility index (Phi) is 10.2. The van der Waals surface area contributed by atoms with E-state index < -0.39 is 6.10 Å². The van der Waals surface area contributed by atoms with Gasteiger partial charge in [0.15, 0.2) is 0 Å². The van der Waals surface area contributed by atoms with Crippen molar-refractivity contribution in [1.29, 1.82) is 0 Å². The maximum atomic E-state index is 9.83. The molecule has 0 aliphatic carbocycles. The smallest absolute Gasteiger partial charge is 0.0897 e. The maximum absolute atomic E-state index is 9.83. The molecule has 1 saturated heterocycles. The van der Waals surface area contributed by atoms with E-state index in [1.54, 1.807) is 0 Å². The molecule has 0 saturated carbocycles. The van der Waals surface area contributed by atoms with Crippen molar-refractivity contribution in [3.8, 4) is 0 Å². The molecule has 2 N–H and O–H groups in total. The van der Waals surface area contributed by atoms with Gasteiger partial charge in [0.05, 0.1) is 32.0 Å². The van der Waals surface area contributed by atoms with Gasteiger partial charge in [-0.3, -0.25) is 0 Å². The second-order valence-electron chi connectivity index (χ2n) is 6.18. The average Bonchev–Trinajstić information content (AvgIpc) is 2.47. The van der Waals surface area contributed by atoms with Gasteiger partial charge in [-0.05, 0) is 58.8 Å². The molecule has 21 heavy (non-hydrogen) atoms. The SMILES string of the molecule is CCN1CCC(CNCC(O)COCCOC(C)C)CC1. The van der Waals surface area contributed by atoms with Gasteiger partial charge in [0.1, 0.15) is 0 Å². The third kappa shape index (κ3) is 9.42. The molecule has 0 bridgehead atoms. The molecule has 1 rings (SSSR count). The number of ether oxygens (including phenoxy) is 2. The predicted octanol–water partition coefficient (Wildman–Crippen LogP) is 1.11. The fourth-order valence-corrected chi connectivity index (χ4v) is 2.58. The van der Waals surface area contributed by atoms with Gasteiger partial charge in [-0.15, -0.1) is 0 Å². The Morgan fingerprint density at radius 3 is 2.57 bits per heavy atom. The summed E-state index contributed by atoms with van der Waals surface area (Å²) in [5.41, 5.74) is 0. The molecule has 126 valence electrons. The van der Waals surface area contributed by atoms with Crippen molar-refractivity contribution >= 4 is 0 Å². The summed E-state index contributed by atoms with van der Waals surface area (Å²) >= 11 is 0. The molecule has 1 aliphatic heterocycles. The number of piperidine rings is 1. The molecule has 5 nitrogen and oxygen atoms in total. The molecule has 0 radical (unpaired) electrons. The van der Waals surface area contributed by atoms with Crippen LogP contribution in [0.2, 0.25) is 0 Å². The number of nitrogens with one attached hydrogen (secondary N) is 1. The molecule has 1 fully saturated rings. The van der Waals surface area contributed by atoms with Gasteiger partial charge in [0.25, 0.3) is 0 Å². The third-order valence-electron chi connectivity index (χ3n) is 3.96. The van der Waals surface area contributed by atoms with Crippen LogP contribution in [0.4, 0.5) is 0 Å². The van der Waals surface area contributed by atoms with E-state index in [0.717, 1.165) is 19.0 Å². The summed E-state index contributed by atoms with van der Waals surface area (Å²) in [6.07, 6.45) is 2.33. The first-order valence-electron chi connectivity index (χ1n) is 8.42. The van der Waals surface area contributed by atoms with Crippen LogP contribution in [0.1, 0.15) is 33.6 Å². The van der Waals surface area contributed by atoms with E-state index in [1.165, 1.54) is 25.9 Å². The topological polar surface area (TPSA) is 54.0 Å². The number of nitrogens with zero attached hydrogens (tertiary/aromatic N) is 1. The van der Waals surface area contributed by atoms with Crippen molar-refractivity contribution < 1.29 is 14.6 Å². The highest BCUT2D eigenvalue weighted by Gasteiger charge is 2.17. The van der Waals surface area contributed by atoms with Crippen molar-refractivity contribution in [2.45, 2.75) is 45.8 Å². The summed E-state index contributed by atoms with van der Waals surface area (Å²) in [6, 6.07) is 0. The summed E-state index contributed by atoms with van der Waals surface area (Å²) in [7, 11) is 0. The van der Waals surface area contributed by atoms with Gasteiger partial charge in [-0.1, -0.05) is 6.92 Å². The molecule has 1 aliphatic rings. The Labute approximate surface area is 130 Å². The van der Waals surface area contributed by atoms with Crippen LogP contribution in [-0.2, 0) is 9.47 Å². The normalized spacial score (nSPS) is 19.3. The van der Waals surface area contributed by atoms with E-state index in [2.05, 4.69) is 17.1 Å². The maximum Gasteiger partial charge on any atom is 0.0897 e. The summed E-state index contributed by atoms with van der Waals surface area (Å²) in [5.74, 6) is 0.750. The summed E-state index contributed by atoms with van der Waals surface area (Å²) in [5, 5.41) is 13.2. The Morgan fingerprint density at radius 1 is 1.24 bits per heavy atom. The highest BCUT2D eigenvalue weighted by molar-refractivity contribution is 4.73. The van der Waals surface area contributed by atoms with E-state index in [0.29, 0.717) is 26.4 Å². The Balaban J connectivity index is 1.92. The minimum absolute atomic E-state index is 0.235. The third-order valence-corrected chi connectivity index (χ3v) is 3.96. The first-order chi connectivity index (χ1) is 10.1. The zero-order valence-electron chi connectivity index (χ0n) is 14.0. The molecule has 5 heteroatoms. The summed E-state index contributed by atoms with van der Waals surface area (Å²) in [6.45, 7) is 12.9. The average molecular weight is 302 g/mol. The van der Waals surface area contributed by atoms with Crippen LogP contribution in [0, 0.1) is 5.92 Å². The lowest BCUT2D eigenvalue weighted by Gasteiger charge is -2.31. The van der Waals surface area contributed by atoms with Crippen LogP contribution in [0.15, 0.2) is 0 Å². The molecule has 0 aromatic carbocycles. The minimum Gasteiger partial charge on any atom is -0.389 e. The van der Waals surface area contributed by atoms with Crippen LogP contribution >= 0.6 is 0 Å². The number of likely N-dealkylation sites (tertiary alicyclic amines) is 1. The van der Waals surface area contributed by atoms with E-state index in [-0.39, 0.29) is 6.10 Å². The van der Waals surface area contributed by atoms with Gasteiger partial charge >= 0.3 is 0 Å². The second-order valence-corrected chi connectivity index (χ2v) is 6.18. The van der Waals surface area contributed by atoms with Crippen LogP contribution in [0.25, 0.3) is 0 Å². The minimum atomic E-state index is -0.431. The molecule has 1 heterocycles. The monoisotopic (exact) mass is 302 g/mol. The largest absolute Gasteiger partial charge is 0.389 e. The first-order valence-corrected chi connectivity index (χ1v) is 8.42. The van der Waals surface area contributed by atoms with Gasteiger partial charge in [-0.25, -0.2) is 0 Å². The molecule has 1 atom stereocenters. The van der Waals surface area contributed by atoms with Gasteiger partial charge in [0.2, 0.25) is 0 Å². The highest BCUT2D eigenvalue weighted by atomic mass is 16.5. The molecule has 0 spiro atoms. The number of hydrogen-bond acceptors (Lipinski definition) is 5. The van der Waals surface area contributed by atoms with Crippen LogP contribution < -0.4 is 5.32 Å². The lowest BCUT2D eigenvalue weighted by atomic mass is 9.97. The molecule has 0 amide bonds. The summed E-state index contributed by atoms with van der Waals surface area (Å²) in [4.78, 5) is 2.50. The zero-order valence-corrected chi connectivity index (χ0v) is 14.0. The lowest BCUT2D eigenvalue weighted by molar-refractivity contribution is -0.0102. The van der Waals surface area contributed by atoms with Gasteiger partial charge < -0.3 is 24.8 Å². The fourth-order valence-electron chi connectivity index (χ4n) is 2.58. The van der Waals surface area contributed by atoms with Crippen LogP contribution in [-0.4, -0.2) is 74.8 Å². The number of aliphatic hydroxyl groups excluding tert-OH is 1. The number of hydrogen-bond donors (Lipinski definition) is 2. The fraction of sp³-hybridized carbons (Fsp3) is 1.00. The Hall–Kier alpha value is -0.200. The Morgan fingerprint density at radius 2 is 1.95 bits per heavy atom. The van der Waals surface area contributed by atoms with E-state index in [1.807, 2.05) is 13.8 Å². The van der Waals surface area contributed by atoms with E-state index in [9.17, 15) is 5.11 Å². The first kappa shape index (κ1) is 18.8. The predicted molar refractivity (Wildman–Crippen MR) is 85.6 cm³/mol. The molecule has 0 aromatic heterocycles. The van der Waals surface area contributed by atoms with Crippen molar-refractivity contribution in [3.63, 3.8) is 0 Å². The van der Waals surface area contributed by atoms with Crippen molar-refractivity contribution in [2.24, 2.45) is 5.92 Å². The number of rotatable bonds is 11. The van der Waals surface area contributed by atoms with Crippen molar-refractivity contribution in [2.75, 3.05) is 52.5 Å². The van der Waals surface area contributed by atoms with E-state index in [4.69, 9.17) is 9.47 Å². The van der Waals surface area contributed by atoms with Crippen LogP contribution in [0.5, 0.6) is 0 Å². The van der Waals surface area contributed by atoms with E-state index >= 15 is 0 Å². The zero-order chi connectivity index (χ0) is 15.5. The second kappa shape index (κ2) is 11.4. The van der Waals surface area contributed by atoms with Gasteiger partial charge in [-0.2, -0.15) is 0 Å². The highest BCUT2D eigenvalue weighted by Crippen LogP contribution is 2.15. The molecule has 0 aromatic rings. The Bertz CT molecular complexity index is 244. The van der Waals surface area contributed by atoms with Crippen molar-refractivity contribution in [3.05, 3.63) is 0 Å². The standard InChI is InChI=1S/C16H34N2O3/c1-4-18-7-5-15(6-8-18)11-17-12-16(19)13-20-9-10-21-14(2)3/h14-17,19H,4-13H2,1-3H3. The molecule has 1 unspecified atom stereocenters.